The maximum atomic E-state index is 13.3. The van der Waals surface area contributed by atoms with Crippen LogP contribution in [-0.4, -0.2) is 30.8 Å². The second-order valence-corrected chi connectivity index (χ2v) is 5.06. The number of benzene rings is 1. The van der Waals surface area contributed by atoms with Crippen LogP contribution in [0, 0.1) is 11.7 Å². The second-order valence-electron chi connectivity index (χ2n) is 5.06. The largest absolute Gasteiger partial charge is 0.480 e. The Labute approximate surface area is 111 Å². The summed E-state index contributed by atoms with van der Waals surface area (Å²) in [4.78, 5) is 11.6. The number of hydrogen-bond donors (Lipinski definition) is 2. The normalized spacial score (nSPS) is 18.0. The molecule has 1 saturated carbocycles. The minimum Gasteiger partial charge on any atom is -0.480 e. The van der Waals surface area contributed by atoms with Crippen LogP contribution in [0.25, 0.3) is 0 Å². The Hall–Kier alpha value is -1.46. The monoisotopic (exact) mass is 267 g/mol. The van der Waals surface area contributed by atoms with Gasteiger partial charge in [0.25, 0.3) is 0 Å². The van der Waals surface area contributed by atoms with Crippen LogP contribution in [0.1, 0.15) is 18.4 Å². The third kappa shape index (κ3) is 3.11. The minimum atomic E-state index is -1.38. The highest BCUT2D eigenvalue weighted by Crippen LogP contribution is 2.30. The Balaban J connectivity index is 2.18. The second kappa shape index (κ2) is 5.67. The Kier molecular flexibility index (Phi) is 4.17. The maximum absolute atomic E-state index is 13.3. The molecule has 0 aromatic heterocycles. The highest BCUT2D eigenvalue weighted by atomic mass is 19.1. The molecule has 0 bridgehead atoms. The fourth-order valence-electron chi connectivity index (χ4n) is 2.00. The summed E-state index contributed by atoms with van der Waals surface area (Å²) in [5, 5.41) is 9.47. The third-order valence-electron chi connectivity index (χ3n) is 3.53. The van der Waals surface area contributed by atoms with E-state index < -0.39 is 17.2 Å². The maximum Gasteiger partial charge on any atom is 0.317 e. The van der Waals surface area contributed by atoms with E-state index in [1.54, 1.807) is 6.07 Å². The molecule has 0 amide bonds. The first-order valence-corrected chi connectivity index (χ1v) is 6.36. The number of aliphatic carboxylic acids is 1. The molecule has 1 aromatic rings. The van der Waals surface area contributed by atoms with Gasteiger partial charge in [0, 0.05) is 13.2 Å². The summed E-state index contributed by atoms with van der Waals surface area (Å²) < 4.78 is 18.8. The van der Waals surface area contributed by atoms with Gasteiger partial charge in [0.05, 0.1) is 6.61 Å². The van der Waals surface area contributed by atoms with Crippen molar-refractivity contribution in [2.75, 3.05) is 19.8 Å². The lowest BCUT2D eigenvalue weighted by Gasteiger charge is -2.28. The van der Waals surface area contributed by atoms with Crippen LogP contribution in [0.4, 0.5) is 4.39 Å². The lowest BCUT2D eigenvalue weighted by atomic mass is 9.81. The number of carboxylic acid groups (broad SMARTS) is 1. The molecular formula is C14H18FNO3. The summed E-state index contributed by atoms with van der Waals surface area (Å²) in [5.74, 6) is -1.02. The van der Waals surface area contributed by atoms with Crippen LogP contribution >= 0.6 is 0 Å². The van der Waals surface area contributed by atoms with E-state index in [4.69, 9.17) is 10.5 Å². The molecule has 1 fully saturated rings. The van der Waals surface area contributed by atoms with Gasteiger partial charge in [-0.05, 0) is 36.5 Å². The molecule has 2 rings (SSSR count). The van der Waals surface area contributed by atoms with Gasteiger partial charge in [0.1, 0.15) is 11.2 Å². The molecule has 5 heteroatoms. The number of ether oxygens (including phenoxy) is 1. The van der Waals surface area contributed by atoms with Gasteiger partial charge in [0.15, 0.2) is 0 Å². The average molecular weight is 267 g/mol. The van der Waals surface area contributed by atoms with Gasteiger partial charge in [-0.15, -0.1) is 0 Å². The summed E-state index contributed by atoms with van der Waals surface area (Å²) in [6.45, 7) is 0.388. The predicted octanol–water partition coefficient (Wildman–Crippen LogP) is 1.53. The van der Waals surface area contributed by atoms with Crippen LogP contribution in [0.15, 0.2) is 24.3 Å². The van der Waals surface area contributed by atoms with Crippen molar-refractivity contribution in [3.8, 4) is 0 Å². The molecular weight excluding hydrogens is 249 g/mol. The lowest BCUT2D eigenvalue weighted by molar-refractivity contribution is -0.146. The van der Waals surface area contributed by atoms with E-state index in [0.717, 1.165) is 12.8 Å². The van der Waals surface area contributed by atoms with E-state index in [-0.39, 0.29) is 13.2 Å². The zero-order chi connectivity index (χ0) is 13.9. The summed E-state index contributed by atoms with van der Waals surface area (Å²) in [7, 11) is 0. The Morgan fingerprint density at radius 1 is 1.53 bits per heavy atom. The van der Waals surface area contributed by atoms with Crippen molar-refractivity contribution in [2.45, 2.75) is 18.3 Å². The van der Waals surface area contributed by atoms with Crippen LogP contribution in [0.2, 0.25) is 0 Å². The van der Waals surface area contributed by atoms with Gasteiger partial charge in [-0.25, -0.2) is 4.39 Å². The first kappa shape index (κ1) is 14.0. The zero-order valence-corrected chi connectivity index (χ0v) is 10.6. The average Bonchev–Trinajstić information content (AvgIpc) is 3.18. The van der Waals surface area contributed by atoms with E-state index in [1.807, 2.05) is 0 Å². The summed E-state index contributed by atoms with van der Waals surface area (Å²) in [5.41, 5.74) is 4.61. The number of carboxylic acids is 1. The molecule has 1 aliphatic carbocycles. The van der Waals surface area contributed by atoms with Crippen LogP contribution in [-0.2, 0) is 14.9 Å². The number of rotatable bonds is 7. The van der Waals surface area contributed by atoms with E-state index in [1.165, 1.54) is 18.2 Å². The van der Waals surface area contributed by atoms with Crippen molar-refractivity contribution in [3.63, 3.8) is 0 Å². The van der Waals surface area contributed by atoms with Crippen molar-refractivity contribution in [2.24, 2.45) is 11.7 Å². The highest BCUT2D eigenvalue weighted by Gasteiger charge is 2.40. The molecule has 1 atom stereocenters. The first-order valence-electron chi connectivity index (χ1n) is 6.36. The van der Waals surface area contributed by atoms with Crippen molar-refractivity contribution in [3.05, 3.63) is 35.6 Å². The van der Waals surface area contributed by atoms with Crippen molar-refractivity contribution in [1.82, 2.24) is 0 Å². The zero-order valence-electron chi connectivity index (χ0n) is 10.6. The quantitative estimate of drug-likeness (QED) is 0.786. The molecule has 3 N–H and O–H groups in total. The van der Waals surface area contributed by atoms with Gasteiger partial charge >= 0.3 is 5.97 Å². The fraction of sp³-hybridized carbons (Fsp3) is 0.500. The van der Waals surface area contributed by atoms with Gasteiger partial charge in [0.2, 0.25) is 0 Å². The lowest BCUT2D eigenvalue weighted by Crippen LogP contribution is -2.47. The Morgan fingerprint density at radius 3 is 2.79 bits per heavy atom. The van der Waals surface area contributed by atoms with Crippen LogP contribution in [0.3, 0.4) is 0 Å². The SMILES string of the molecule is NCC(COCC1CC1)(C(=O)O)c1cccc(F)c1. The first-order chi connectivity index (χ1) is 9.08. The minimum absolute atomic E-state index is 0.0290. The van der Waals surface area contributed by atoms with E-state index >= 15 is 0 Å². The van der Waals surface area contributed by atoms with Gasteiger partial charge < -0.3 is 15.6 Å². The molecule has 0 aliphatic heterocycles. The molecule has 0 radical (unpaired) electrons. The summed E-state index contributed by atoms with van der Waals surface area (Å²) in [6, 6.07) is 5.54. The number of carbonyl (C=O) groups is 1. The Bertz CT molecular complexity index is 462. The number of hydrogen-bond acceptors (Lipinski definition) is 3. The molecule has 4 nitrogen and oxygen atoms in total. The van der Waals surface area contributed by atoms with Crippen molar-refractivity contribution in [1.29, 1.82) is 0 Å². The van der Waals surface area contributed by atoms with Gasteiger partial charge in [-0.1, -0.05) is 12.1 Å². The fourth-order valence-corrected chi connectivity index (χ4v) is 2.00. The number of halogens is 1. The predicted molar refractivity (Wildman–Crippen MR) is 68.3 cm³/mol. The molecule has 1 aliphatic rings. The molecule has 19 heavy (non-hydrogen) atoms. The summed E-state index contributed by atoms with van der Waals surface area (Å²) >= 11 is 0. The molecule has 0 saturated heterocycles. The molecule has 104 valence electrons. The topological polar surface area (TPSA) is 72.5 Å². The molecule has 1 unspecified atom stereocenters. The van der Waals surface area contributed by atoms with E-state index in [2.05, 4.69) is 0 Å². The van der Waals surface area contributed by atoms with Crippen molar-refractivity contribution < 1.29 is 19.0 Å². The third-order valence-corrected chi connectivity index (χ3v) is 3.53. The highest BCUT2D eigenvalue weighted by molar-refractivity contribution is 5.82. The van der Waals surface area contributed by atoms with E-state index in [9.17, 15) is 14.3 Å². The van der Waals surface area contributed by atoms with Crippen molar-refractivity contribution >= 4 is 5.97 Å². The summed E-state index contributed by atoms with van der Waals surface area (Å²) in [6.07, 6.45) is 2.26. The smallest absolute Gasteiger partial charge is 0.317 e. The standard InChI is InChI=1S/C14H18FNO3/c15-12-3-1-2-11(6-12)14(8-16,13(17)18)9-19-7-10-4-5-10/h1-3,6,10H,4-5,7-9,16H2,(H,17,18). The van der Waals surface area contributed by atoms with Gasteiger partial charge in [-0.3, -0.25) is 4.79 Å². The molecule has 0 spiro atoms. The van der Waals surface area contributed by atoms with Crippen LogP contribution in [0.5, 0.6) is 0 Å². The number of nitrogens with two attached hydrogens (primary N) is 1. The van der Waals surface area contributed by atoms with E-state index in [0.29, 0.717) is 18.1 Å². The van der Waals surface area contributed by atoms with Gasteiger partial charge in [-0.2, -0.15) is 0 Å². The molecule has 1 aromatic carbocycles. The van der Waals surface area contributed by atoms with Crippen LogP contribution < -0.4 is 5.73 Å². The Morgan fingerprint density at radius 2 is 2.26 bits per heavy atom. The molecule has 0 heterocycles.